The molecule has 1 fully saturated rings. The number of rotatable bonds is 10. The summed E-state index contributed by atoms with van der Waals surface area (Å²) in [5, 5.41) is 10.1. The molecule has 0 bridgehead atoms. The van der Waals surface area contributed by atoms with E-state index in [0.717, 1.165) is 32.2 Å². The number of benzene rings is 2. The second-order valence-electron chi connectivity index (χ2n) is 8.79. The van der Waals surface area contributed by atoms with Crippen molar-refractivity contribution in [1.29, 1.82) is 5.26 Å². The number of hydrogen-bond donors (Lipinski definition) is 0. The van der Waals surface area contributed by atoms with Gasteiger partial charge in [-0.2, -0.15) is 5.26 Å². The molecule has 0 heterocycles. The number of hydrogen-bond acceptors (Lipinski definition) is 2. The normalized spacial score (nSPS) is 17.1. The van der Waals surface area contributed by atoms with E-state index in [0.29, 0.717) is 24.1 Å². The lowest BCUT2D eigenvalue weighted by atomic mass is 9.73. The summed E-state index contributed by atoms with van der Waals surface area (Å²) in [7, 11) is 0. The van der Waals surface area contributed by atoms with Gasteiger partial charge in [0.25, 0.3) is 0 Å². The minimum absolute atomic E-state index is 0.238. The minimum Gasteiger partial charge on any atom is -0.298 e. The van der Waals surface area contributed by atoms with Crippen LogP contribution in [-0.4, -0.2) is 23.5 Å². The zero-order valence-corrected chi connectivity index (χ0v) is 17.9. The first-order chi connectivity index (χ1) is 14.0. The van der Waals surface area contributed by atoms with Gasteiger partial charge in [0, 0.05) is 24.2 Å². The van der Waals surface area contributed by atoms with Crippen molar-refractivity contribution in [3.05, 3.63) is 71.5 Å². The summed E-state index contributed by atoms with van der Waals surface area (Å²) in [4.78, 5) is 2.52. The van der Waals surface area contributed by atoms with E-state index in [9.17, 15) is 9.65 Å². The molecule has 1 saturated carbocycles. The Hall–Kier alpha value is -2.18. The van der Waals surface area contributed by atoms with Crippen molar-refractivity contribution in [2.75, 3.05) is 6.54 Å². The molecule has 0 spiro atoms. The Morgan fingerprint density at radius 3 is 2.31 bits per heavy atom. The summed E-state index contributed by atoms with van der Waals surface area (Å²) in [6.45, 7) is 7.71. The predicted molar refractivity (Wildman–Crippen MR) is 117 cm³/mol. The van der Waals surface area contributed by atoms with E-state index in [4.69, 9.17) is 0 Å². The van der Waals surface area contributed by atoms with E-state index in [1.165, 1.54) is 11.6 Å². The van der Waals surface area contributed by atoms with Crippen LogP contribution >= 0.6 is 0 Å². The molecule has 2 aromatic rings. The second-order valence-corrected chi connectivity index (χ2v) is 8.79. The van der Waals surface area contributed by atoms with E-state index in [2.05, 4.69) is 62.1 Å². The molecule has 0 aromatic heterocycles. The predicted octanol–water partition coefficient (Wildman–Crippen LogP) is 6.12. The Labute approximate surface area is 175 Å². The Morgan fingerprint density at radius 1 is 1.07 bits per heavy atom. The van der Waals surface area contributed by atoms with Crippen LogP contribution in [0.25, 0.3) is 0 Å². The smallest absolute Gasteiger partial charge is 0.128 e. The molecule has 0 saturated heterocycles. The van der Waals surface area contributed by atoms with E-state index in [1.807, 2.05) is 12.1 Å². The van der Waals surface area contributed by atoms with Crippen molar-refractivity contribution in [3.63, 3.8) is 0 Å². The topological polar surface area (TPSA) is 27.0 Å². The van der Waals surface area contributed by atoms with Gasteiger partial charge in [-0.1, -0.05) is 48.5 Å². The van der Waals surface area contributed by atoms with Gasteiger partial charge in [-0.15, -0.1) is 0 Å². The molecule has 0 radical (unpaired) electrons. The third kappa shape index (κ3) is 5.06. The first kappa shape index (κ1) is 21.5. The molecule has 154 valence electrons. The van der Waals surface area contributed by atoms with Crippen LogP contribution in [0, 0.1) is 23.1 Å². The number of nitriles is 1. The average Bonchev–Trinajstić information content (AvgIpc) is 3.56. The summed E-state index contributed by atoms with van der Waals surface area (Å²) in [6.07, 6.45) is 4.68. The molecule has 2 atom stereocenters. The fourth-order valence-corrected chi connectivity index (χ4v) is 4.66. The molecule has 1 aliphatic carbocycles. The van der Waals surface area contributed by atoms with E-state index < -0.39 is 5.41 Å². The van der Waals surface area contributed by atoms with Gasteiger partial charge in [0.05, 0.1) is 11.5 Å². The Balaban J connectivity index is 1.71. The van der Waals surface area contributed by atoms with Gasteiger partial charge in [-0.3, -0.25) is 4.90 Å². The lowest BCUT2D eigenvalue weighted by Crippen LogP contribution is -2.41. The third-order valence-corrected chi connectivity index (χ3v) is 6.52. The van der Waals surface area contributed by atoms with Gasteiger partial charge in [-0.25, -0.2) is 4.39 Å². The first-order valence-corrected chi connectivity index (χ1v) is 10.9. The van der Waals surface area contributed by atoms with Crippen LogP contribution in [0.15, 0.2) is 54.6 Å². The molecule has 0 N–H and O–H groups in total. The summed E-state index contributed by atoms with van der Waals surface area (Å²) in [5.74, 6) is 0.0480. The van der Waals surface area contributed by atoms with Crippen molar-refractivity contribution in [3.8, 4) is 6.07 Å². The quantitative estimate of drug-likeness (QED) is 0.487. The molecule has 2 unspecified atom stereocenters. The largest absolute Gasteiger partial charge is 0.298 e. The summed E-state index contributed by atoms with van der Waals surface area (Å²) in [6, 6.07) is 20.8. The maximum absolute atomic E-state index is 14.6. The van der Waals surface area contributed by atoms with Crippen LogP contribution in [0.2, 0.25) is 0 Å². The Bertz CT molecular complexity index is 822. The zero-order valence-electron chi connectivity index (χ0n) is 17.9. The van der Waals surface area contributed by atoms with Crippen LogP contribution in [0.1, 0.15) is 57.6 Å². The highest BCUT2D eigenvalue weighted by atomic mass is 19.1. The Kier molecular flexibility index (Phi) is 7.09. The van der Waals surface area contributed by atoms with Crippen LogP contribution in [0.4, 0.5) is 4.39 Å². The monoisotopic (exact) mass is 392 g/mol. The molecule has 1 aliphatic rings. The van der Waals surface area contributed by atoms with Crippen molar-refractivity contribution < 1.29 is 4.39 Å². The summed E-state index contributed by atoms with van der Waals surface area (Å²) < 4.78 is 14.6. The highest BCUT2D eigenvalue weighted by Gasteiger charge is 2.48. The molecule has 2 aromatic carbocycles. The van der Waals surface area contributed by atoms with Gasteiger partial charge < -0.3 is 0 Å². The van der Waals surface area contributed by atoms with Crippen molar-refractivity contribution in [2.45, 2.75) is 70.4 Å². The molecule has 2 nitrogen and oxygen atoms in total. The van der Waals surface area contributed by atoms with Crippen LogP contribution < -0.4 is 0 Å². The van der Waals surface area contributed by atoms with Crippen LogP contribution in [0.3, 0.4) is 0 Å². The molecule has 0 aliphatic heterocycles. The van der Waals surface area contributed by atoms with Gasteiger partial charge >= 0.3 is 0 Å². The molecule has 3 heteroatoms. The van der Waals surface area contributed by atoms with Crippen molar-refractivity contribution in [2.24, 2.45) is 5.92 Å². The first-order valence-electron chi connectivity index (χ1n) is 10.9. The standard InChI is InChI=1S/C26H33FN2/c1-20(2)29(18-16-22-9-5-4-6-10-22)21(3)15-17-26(19-28,23-13-14-23)24-11-7-8-12-25(24)27/h4-12,20-21,23H,13-18H2,1-3H3. The maximum atomic E-state index is 14.6. The molecular formula is C26H33FN2. The molecular weight excluding hydrogens is 359 g/mol. The zero-order chi connectivity index (χ0) is 20.9. The van der Waals surface area contributed by atoms with Gasteiger partial charge in [0.2, 0.25) is 0 Å². The summed E-state index contributed by atoms with van der Waals surface area (Å²) in [5.41, 5.74) is 1.25. The van der Waals surface area contributed by atoms with Crippen LogP contribution in [0.5, 0.6) is 0 Å². The molecule has 0 amide bonds. The van der Waals surface area contributed by atoms with Gasteiger partial charge in [0.1, 0.15) is 5.82 Å². The highest BCUT2D eigenvalue weighted by Crippen LogP contribution is 2.50. The third-order valence-electron chi connectivity index (χ3n) is 6.52. The fraction of sp³-hybridized carbons (Fsp3) is 0.500. The maximum Gasteiger partial charge on any atom is 0.128 e. The lowest BCUT2D eigenvalue weighted by Gasteiger charge is -2.35. The lowest BCUT2D eigenvalue weighted by molar-refractivity contribution is 0.150. The minimum atomic E-state index is -0.693. The van der Waals surface area contributed by atoms with Crippen molar-refractivity contribution >= 4 is 0 Å². The number of halogens is 1. The molecule has 3 rings (SSSR count). The van der Waals surface area contributed by atoms with Gasteiger partial charge in [0.15, 0.2) is 0 Å². The van der Waals surface area contributed by atoms with Gasteiger partial charge in [-0.05, 0) is 70.4 Å². The summed E-state index contributed by atoms with van der Waals surface area (Å²) >= 11 is 0. The van der Waals surface area contributed by atoms with E-state index in [1.54, 1.807) is 6.07 Å². The van der Waals surface area contributed by atoms with E-state index in [-0.39, 0.29) is 11.7 Å². The van der Waals surface area contributed by atoms with E-state index >= 15 is 0 Å². The second kappa shape index (κ2) is 9.55. The Morgan fingerprint density at radius 2 is 1.72 bits per heavy atom. The van der Waals surface area contributed by atoms with Crippen molar-refractivity contribution in [1.82, 2.24) is 4.90 Å². The average molecular weight is 393 g/mol. The highest BCUT2D eigenvalue weighted by molar-refractivity contribution is 5.36. The SMILES string of the molecule is CC(C)N(CCc1ccccc1)C(C)CCC(C#N)(c1ccccc1F)C1CC1. The fourth-order valence-electron chi connectivity index (χ4n) is 4.66. The number of nitrogens with zero attached hydrogens (tertiary/aromatic N) is 2. The van der Waals surface area contributed by atoms with Crippen LogP contribution in [-0.2, 0) is 11.8 Å². The molecule has 29 heavy (non-hydrogen) atoms.